The van der Waals surface area contributed by atoms with Gasteiger partial charge in [-0.1, -0.05) is 31.2 Å². The topological polar surface area (TPSA) is 35.5 Å². The number of hydrogen-bond donors (Lipinski definition) is 2. The molecular formula is C16H26N2O. The van der Waals surface area contributed by atoms with Gasteiger partial charge in [0.1, 0.15) is 0 Å². The average Bonchev–Trinajstić information content (AvgIpc) is 2.45. The Morgan fingerprint density at radius 2 is 2.05 bits per heavy atom. The summed E-state index contributed by atoms with van der Waals surface area (Å²) in [4.78, 5) is 2.45. The Bertz CT molecular complexity index is 407. The summed E-state index contributed by atoms with van der Waals surface area (Å²) in [5.41, 5.74) is 2.72. The van der Waals surface area contributed by atoms with Gasteiger partial charge >= 0.3 is 0 Å². The van der Waals surface area contributed by atoms with Crippen LogP contribution >= 0.6 is 0 Å². The third-order valence-electron chi connectivity index (χ3n) is 3.93. The summed E-state index contributed by atoms with van der Waals surface area (Å²) in [6, 6.07) is 8.68. The maximum atomic E-state index is 9.65. The molecule has 1 aromatic carbocycles. The molecular weight excluding hydrogens is 236 g/mol. The van der Waals surface area contributed by atoms with E-state index in [1.165, 1.54) is 11.1 Å². The van der Waals surface area contributed by atoms with Crippen molar-refractivity contribution in [1.29, 1.82) is 0 Å². The predicted molar refractivity (Wildman–Crippen MR) is 79.2 cm³/mol. The van der Waals surface area contributed by atoms with E-state index in [1.54, 1.807) is 0 Å². The van der Waals surface area contributed by atoms with Gasteiger partial charge in [0.05, 0.1) is 12.1 Å². The number of aliphatic hydroxyl groups is 1. The monoisotopic (exact) mass is 262 g/mol. The van der Waals surface area contributed by atoms with Crippen LogP contribution in [0.4, 0.5) is 0 Å². The Kier molecular flexibility index (Phi) is 4.97. The zero-order valence-corrected chi connectivity index (χ0v) is 12.2. The lowest BCUT2D eigenvalue weighted by atomic mass is 9.96. The molecule has 1 heterocycles. The van der Waals surface area contributed by atoms with E-state index >= 15 is 0 Å². The predicted octanol–water partition coefficient (Wildman–Crippen LogP) is 1.80. The molecule has 1 aliphatic heterocycles. The van der Waals surface area contributed by atoms with Gasteiger partial charge in [0.15, 0.2) is 0 Å². The second-order valence-corrected chi connectivity index (χ2v) is 5.87. The van der Waals surface area contributed by atoms with Crippen LogP contribution in [0, 0.1) is 0 Å². The van der Waals surface area contributed by atoms with Crippen molar-refractivity contribution >= 4 is 0 Å². The van der Waals surface area contributed by atoms with Gasteiger partial charge in [-0.05, 0) is 37.4 Å². The van der Waals surface area contributed by atoms with Gasteiger partial charge in [0.2, 0.25) is 0 Å². The molecule has 1 atom stereocenters. The number of nitrogens with one attached hydrogen (secondary N) is 1. The van der Waals surface area contributed by atoms with Gasteiger partial charge in [0, 0.05) is 19.6 Å². The molecule has 106 valence electrons. The molecule has 3 heteroatoms. The molecule has 0 spiro atoms. The first-order valence-corrected chi connectivity index (χ1v) is 7.32. The van der Waals surface area contributed by atoms with Gasteiger partial charge in [-0.25, -0.2) is 0 Å². The minimum atomic E-state index is -0.192. The lowest BCUT2D eigenvalue weighted by molar-refractivity contribution is 0.113. The summed E-state index contributed by atoms with van der Waals surface area (Å²) in [6.45, 7) is 8.40. The van der Waals surface area contributed by atoms with E-state index in [2.05, 4.69) is 48.3 Å². The molecule has 0 amide bonds. The van der Waals surface area contributed by atoms with E-state index in [0.717, 1.165) is 39.0 Å². The molecule has 0 saturated carbocycles. The fourth-order valence-electron chi connectivity index (χ4n) is 2.77. The van der Waals surface area contributed by atoms with Crippen molar-refractivity contribution in [2.75, 3.05) is 26.2 Å². The zero-order valence-electron chi connectivity index (χ0n) is 12.2. The normalized spacial score (nSPS) is 18.9. The first kappa shape index (κ1) is 14.5. The number of fused-ring (bicyclic) bond motifs is 1. The number of rotatable bonds is 6. The molecule has 1 aliphatic rings. The summed E-state index contributed by atoms with van der Waals surface area (Å²) in [5.74, 6) is 0. The first-order valence-electron chi connectivity index (χ1n) is 7.32. The summed E-state index contributed by atoms with van der Waals surface area (Å²) in [5, 5.41) is 13.1. The highest BCUT2D eigenvalue weighted by molar-refractivity contribution is 5.29. The summed E-state index contributed by atoms with van der Waals surface area (Å²) >= 11 is 0. The first-order chi connectivity index (χ1) is 9.17. The third kappa shape index (κ3) is 3.78. The molecule has 0 saturated heterocycles. The van der Waals surface area contributed by atoms with E-state index in [9.17, 15) is 5.11 Å². The van der Waals surface area contributed by atoms with Crippen molar-refractivity contribution in [1.82, 2.24) is 10.2 Å². The van der Waals surface area contributed by atoms with Crippen LogP contribution in [0.15, 0.2) is 24.3 Å². The van der Waals surface area contributed by atoms with E-state index in [4.69, 9.17) is 0 Å². The highest BCUT2D eigenvalue weighted by Gasteiger charge is 2.27. The van der Waals surface area contributed by atoms with Crippen molar-refractivity contribution in [3.8, 4) is 0 Å². The highest BCUT2D eigenvalue weighted by Crippen LogP contribution is 2.20. The Labute approximate surface area is 116 Å². The van der Waals surface area contributed by atoms with Gasteiger partial charge in [-0.3, -0.25) is 4.90 Å². The molecule has 0 aromatic heterocycles. The van der Waals surface area contributed by atoms with Crippen LogP contribution < -0.4 is 5.32 Å². The maximum absolute atomic E-state index is 9.65. The van der Waals surface area contributed by atoms with Crippen LogP contribution in [-0.4, -0.2) is 41.8 Å². The smallest absolute Gasteiger partial charge is 0.0623 e. The second kappa shape index (κ2) is 6.51. The molecule has 0 bridgehead atoms. The minimum absolute atomic E-state index is 0.186. The molecule has 3 nitrogen and oxygen atoms in total. The lowest BCUT2D eigenvalue weighted by Gasteiger charge is -2.37. The average molecular weight is 262 g/mol. The van der Waals surface area contributed by atoms with Crippen molar-refractivity contribution in [2.45, 2.75) is 38.8 Å². The Balaban J connectivity index is 1.97. The molecule has 2 N–H and O–H groups in total. The van der Waals surface area contributed by atoms with E-state index < -0.39 is 0 Å². The van der Waals surface area contributed by atoms with Crippen molar-refractivity contribution < 1.29 is 5.11 Å². The Morgan fingerprint density at radius 3 is 2.74 bits per heavy atom. The van der Waals surface area contributed by atoms with Crippen molar-refractivity contribution in [3.63, 3.8) is 0 Å². The lowest BCUT2D eigenvalue weighted by Crippen LogP contribution is -2.54. The summed E-state index contributed by atoms with van der Waals surface area (Å²) in [6.07, 6.45) is 2.21. The van der Waals surface area contributed by atoms with E-state index in [1.807, 2.05) is 0 Å². The van der Waals surface area contributed by atoms with E-state index in [-0.39, 0.29) is 12.1 Å². The number of aliphatic hydroxyl groups excluding tert-OH is 1. The third-order valence-corrected chi connectivity index (χ3v) is 3.93. The van der Waals surface area contributed by atoms with Gasteiger partial charge in [-0.15, -0.1) is 0 Å². The van der Waals surface area contributed by atoms with Gasteiger partial charge < -0.3 is 10.4 Å². The molecule has 2 rings (SSSR count). The quantitative estimate of drug-likeness (QED) is 0.820. The second-order valence-electron chi connectivity index (χ2n) is 5.87. The van der Waals surface area contributed by atoms with Crippen LogP contribution in [0.2, 0.25) is 0 Å². The molecule has 1 aromatic rings. The molecule has 0 radical (unpaired) electrons. The molecule has 1 unspecified atom stereocenters. The zero-order chi connectivity index (χ0) is 13.7. The van der Waals surface area contributed by atoms with Crippen LogP contribution in [-0.2, 0) is 13.0 Å². The highest BCUT2D eigenvalue weighted by atomic mass is 16.3. The number of nitrogens with zero attached hydrogens (tertiary/aromatic N) is 1. The molecule has 0 aliphatic carbocycles. The van der Waals surface area contributed by atoms with Crippen LogP contribution in [0.3, 0.4) is 0 Å². The minimum Gasteiger partial charge on any atom is -0.394 e. The number of hydrogen-bond acceptors (Lipinski definition) is 3. The largest absolute Gasteiger partial charge is 0.394 e. The van der Waals surface area contributed by atoms with Gasteiger partial charge in [0.25, 0.3) is 0 Å². The Hall–Kier alpha value is -0.900. The standard InChI is InChI=1S/C16H26N2O/c1-3-9-17-16(2,13-19)12-18-10-8-14-6-4-5-7-15(14)11-18/h4-7,17,19H,3,8-13H2,1-2H3. The van der Waals surface area contributed by atoms with Crippen molar-refractivity contribution in [2.24, 2.45) is 0 Å². The fraction of sp³-hybridized carbons (Fsp3) is 0.625. The number of benzene rings is 1. The molecule has 0 fully saturated rings. The van der Waals surface area contributed by atoms with E-state index in [0.29, 0.717) is 0 Å². The summed E-state index contributed by atoms with van der Waals surface area (Å²) < 4.78 is 0. The van der Waals surface area contributed by atoms with Gasteiger partial charge in [-0.2, -0.15) is 0 Å². The van der Waals surface area contributed by atoms with Crippen LogP contribution in [0.25, 0.3) is 0 Å². The van der Waals surface area contributed by atoms with Crippen LogP contribution in [0.1, 0.15) is 31.4 Å². The maximum Gasteiger partial charge on any atom is 0.0623 e. The molecule has 19 heavy (non-hydrogen) atoms. The van der Waals surface area contributed by atoms with Crippen LogP contribution in [0.5, 0.6) is 0 Å². The fourth-order valence-corrected chi connectivity index (χ4v) is 2.77. The van der Waals surface area contributed by atoms with Crippen molar-refractivity contribution in [3.05, 3.63) is 35.4 Å². The Morgan fingerprint density at radius 1 is 1.32 bits per heavy atom. The SMILES string of the molecule is CCCNC(C)(CO)CN1CCc2ccccc2C1. The summed E-state index contributed by atoms with van der Waals surface area (Å²) in [7, 11) is 0.